The van der Waals surface area contributed by atoms with E-state index in [1.54, 1.807) is 0 Å². The average molecular weight is 601 g/mol. The molecule has 0 bridgehead atoms. The molecule has 2 N–H and O–H groups in total. The molecular formula is C35H56N2O6. The van der Waals surface area contributed by atoms with Crippen LogP contribution in [-0.4, -0.2) is 88.2 Å². The van der Waals surface area contributed by atoms with E-state index in [4.69, 9.17) is 24.6 Å². The van der Waals surface area contributed by atoms with Crippen molar-refractivity contribution >= 4 is 6.47 Å². The third-order valence-electron chi connectivity index (χ3n) is 6.30. The molecule has 242 valence electrons. The van der Waals surface area contributed by atoms with Crippen LogP contribution in [0.4, 0.5) is 0 Å². The molecule has 0 aliphatic rings. The quantitative estimate of drug-likeness (QED) is 0.0565. The molecule has 0 aromatic heterocycles. The molecule has 0 saturated heterocycles. The number of rotatable bonds is 19. The Balaban J connectivity index is 0.00000270. The Hall–Kier alpha value is -3.17. The molecule has 8 nitrogen and oxygen atoms in total. The second kappa shape index (κ2) is 25.3. The van der Waals surface area contributed by atoms with Crippen LogP contribution in [0.2, 0.25) is 0 Å². The molecule has 0 spiro atoms. The molecule has 0 saturated carbocycles. The van der Waals surface area contributed by atoms with Crippen LogP contribution in [0, 0.1) is 0 Å². The van der Waals surface area contributed by atoms with Gasteiger partial charge in [0.05, 0.1) is 20.3 Å². The Kier molecular flexibility index (Phi) is 23.5. The molecule has 0 radical (unpaired) electrons. The smallest absolute Gasteiger partial charge is 0.290 e. The molecule has 0 aliphatic carbocycles. The zero-order valence-corrected chi connectivity index (χ0v) is 27.4. The fourth-order valence-corrected chi connectivity index (χ4v) is 4.48. The predicted octanol–water partition coefficient (Wildman–Crippen LogP) is 7.45. The lowest BCUT2D eigenvalue weighted by Gasteiger charge is -2.16. The zero-order chi connectivity index (χ0) is 32.5. The van der Waals surface area contributed by atoms with E-state index in [0.29, 0.717) is 13.2 Å². The molecule has 2 rings (SSSR count). The number of hydrogen-bond donors (Lipinski definition) is 2. The summed E-state index contributed by atoms with van der Waals surface area (Å²) in [4.78, 5) is 15.9. The Morgan fingerprint density at radius 3 is 1.86 bits per heavy atom. The number of aryl methyl sites for hydroxylation is 1. The number of carboxylic acid groups (broad SMARTS) is 1. The standard InChI is InChI=1S/C33H50N2O2.CH4O2.CH2O2/c1-8-9-10-11-12-14-29-17-18-32(37-22-20-28(3)26-35(6)7)24-33(29)30-15-13-16-31(23-30)36-21-19-27(2)25-34(4)5;1-3-2;2-1-3/h13,15-18,23-24H,2-3,8-12,14,19-22,25-26H2,1,4-7H3;2H,1H3;1H,(H,2,3). The molecule has 0 aliphatic heterocycles. The van der Waals surface area contributed by atoms with Gasteiger partial charge in [-0.05, 0) is 82.0 Å². The van der Waals surface area contributed by atoms with Crippen molar-refractivity contribution in [2.75, 3.05) is 61.6 Å². The predicted molar refractivity (Wildman–Crippen MR) is 178 cm³/mol. The van der Waals surface area contributed by atoms with E-state index < -0.39 is 0 Å². The summed E-state index contributed by atoms with van der Waals surface area (Å²) >= 11 is 0. The van der Waals surface area contributed by atoms with Crippen LogP contribution in [-0.2, 0) is 16.1 Å². The van der Waals surface area contributed by atoms with Crippen molar-refractivity contribution in [1.29, 1.82) is 0 Å². The minimum atomic E-state index is -0.250. The van der Waals surface area contributed by atoms with Gasteiger partial charge in [-0.25, -0.2) is 4.89 Å². The Morgan fingerprint density at radius 1 is 0.837 bits per heavy atom. The summed E-state index contributed by atoms with van der Waals surface area (Å²) in [7, 11) is 9.44. The normalized spacial score (nSPS) is 10.3. The maximum Gasteiger partial charge on any atom is 0.290 e. The van der Waals surface area contributed by atoms with Gasteiger partial charge in [0.25, 0.3) is 6.47 Å². The van der Waals surface area contributed by atoms with Crippen molar-refractivity contribution in [1.82, 2.24) is 9.80 Å². The van der Waals surface area contributed by atoms with Crippen LogP contribution in [0.3, 0.4) is 0 Å². The van der Waals surface area contributed by atoms with Crippen molar-refractivity contribution in [3.05, 3.63) is 72.3 Å². The van der Waals surface area contributed by atoms with Gasteiger partial charge >= 0.3 is 0 Å². The van der Waals surface area contributed by atoms with Gasteiger partial charge in [0.15, 0.2) is 0 Å². The summed E-state index contributed by atoms with van der Waals surface area (Å²) in [5, 5.41) is 14.0. The lowest BCUT2D eigenvalue weighted by Crippen LogP contribution is -2.15. The minimum absolute atomic E-state index is 0.250. The number of nitrogens with zero attached hydrogens (tertiary/aromatic N) is 2. The van der Waals surface area contributed by atoms with Crippen LogP contribution in [0.5, 0.6) is 11.5 Å². The van der Waals surface area contributed by atoms with Gasteiger partial charge in [0.1, 0.15) is 11.5 Å². The van der Waals surface area contributed by atoms with E-state index in [0.717, 1.165) is 43.9 Å². The lowest BCUT2D eigenvalue weighted by molar-refractivity contribution is -0.214. The fraction of sp³-hybridized carbons (Fsp3) is 0.514. The largest absolute Gasteiger partial charge is 0.493 e. The van der Waals surface area contributed by atoms with Crippen molar-refractivity contribution in [3.63, 3.8) is 0 Å². The summed E-state index contributed by atoms with van der Waals surface area (Å²) in [5.74, 6) is 1.81. The Labute approximate surface area is 260 Å². The molecule has 2 aromatic rings. The van der Waals surface area contributed by atoms with Crippen LogP contribution >= 0.6 is 0 Å². The Morgan fingerprint density at radius 2 is 1.35 bits per heavy atom. The van der Waals surface area contributed by atoms with E-state index >= 15 is 0 Å². The monoisotopic (exact) mass is 600 g/mol. The van der Waals surface area contributed by atoms with Gasteiger partial charge in [-0.15, -0.1) is 0 Å². The number of likely N-dealkylation sites (N-methyl/N-ethyl adjacent to an activating group) is 2. The van der Waals surface area contributed by atoms with Gasteiger partial charge in [0, 0.05) is 25.9 Å². The van der Waals surface area contributed by atoms with Crippen LogP contribution in [0.15, 0.2) is 66.8 Å². The Bertz CT molecular complexity index is 1040. The molecule has 8 heteroatoms. The second-order valence-corrected chi connectivity index (χ2v) is 11.0. The van der Waals surface area contributed by atoms with E-state index in [2.05, 4.69) is 99.4 Å². The molecule has 2 aromatic carbocycles. The number of hydrogen-bond acceptors (Lipinski definition) is 7. The number of ether oxygens (including phenoxy) is 2. The highest BCUT2D eigenvalue weighted by atomic mass is 17.1. The molecular weight excluding hydrogens is 544 g/mol. The fourth-order valence-electron chi connectivity index (χ4n) is 4.48. The van der Waals surface area contributed by atoms with Crippen molar-refractivity contribution in [2.45, 2.75) is 58.3 Å². The molecule has 0 heterocycles. The number of unbranched alkanes of at least 4 members (excludes halogenated alkanes) is 4. The molecule has 0 fully saturated rings. The topological polar surface area (TPSA) is 91.7 Å². The van der Waals surface area contributed by atoms with Crippen molar-refractivity contribution < 1.29 is 29.5 Å². The lowest BCUT2D eigenvalue weighted by atomic mass is 9.95. The molecule has 0 amide bonds. The van der Waals surface area contributed by atoms with Crippen molar-refractivity contribution in [3.8, 4) is 22.6 Å². The van der Waals surface area contributed by atoms with Gasteiger partial charge in [0.2, 0.25) is 0 Å². The van der Waals surface area contributed by atoms with E-state index in [1.165, 1.54) is 67.1 Å². The number of carbonyl (C=O) groups is 1. The first-order valence-electron chi connectivity index (χ1n) is 15.0. The van der Waals surface area contributed by atoms with Gasteiger partial charge in [-0.1, -0.05) is 75.1 Å². The van der Waals surface area contributed by atoms with Gasteiger partial charge in [-0.2, -0.15) is 0 Å². The SMILES string of the molecule is C=C(CCOc1cccc(-c2cc(OCCC(=C)CN(C)C)ccc2CCCCCCC)c1)CN(C)C.COO.O=CO. The third-order valence-corrected chi connectivity index (χ3v) is 6.30. The first-order chi connectivity index (χ1) is 20.6. The summed E-state index contributed by atoms with van der Waals surface area (Å²) in [6.07, 6.45) is 9.18. The average Bonchev–Trinajstić information content (AvgIpc) is 2.94. The highest BCUT2D eigenvalue weighted by Crippen LogP contribution is 2.32. The maximum absolute atomic E-state index is 8.36. The third kappa shape index (κ3) is 20.4. The van der Waals surface area contributed by atoms with Gasteiger partial charge in [-0.3, -0.25) is 10.1 Å². The van der Waals surface area contributed by atoms with Gasteiger partial charge < -0.3 is 24.4 Å². The molecule has 0 unspecified atom stereocenters. The summed E-state index contributed by atoms with van der Waals surface area (Å²) < 4.78 is 12.3. The van der Waals surface area contributed by atoms with E-state index in [1.807, 2.05) is 6.07 Å². The van der Waals surface area contributed by atoms with Crippen LogP contribution in [0.25, 0.3) is 11.1 Å². The summed E-state index contributed by atoms with van der Waals surface area (Å²) in [6, 6.07) is 15.0. The van der Waals surface area contributed by atoms with Crippen LogP contribution in [0.1, 0.15) is 57.4 Å². The second-order valence-electron chi connectivity index (χ2n) is 11.0. The first-order valence-corrected chi connectivity index (χ1v) is 15.0. The maximum atomic E-state index is 8.36. The summed E-state index contributed by atoms with van der Waals surface area (Å²) in [6.45, 7) is 13.4. The number of benzene rings is 2. The first kappa shape index (κ1) is 39.8. The van der Waals surface area contributed by atoms with Crippen molar-refractivity contribution in [2.24, 2.45) is 0 Å². The molecule has 0 atom stereocenters. The van der Waals surface area contributed by atoms with Crippen LogP contribution < -0.4 is 9.47 Å². The highest BCUT2D eigenvalue weighted by Gasteiger charge is 2.10. The minimum Gasteiger partial charge on any atom is -0.493 e. The summed E-state index contributed by atoms with van der Waals surface area (Å²) in [5.41, 5.74) is 6.16. The van der Waals surface area contributed by atoms with E-state index in [-0.39, 0.29) is 6.47 Å². The molecule has 43 heavy (non-hydrogen) atoms. The van der Waals surface area contributed by atoms with E-state index in [9.17, 15) is 0 Å². The highest BCUT2D eigenvalue weighted by molar-refractivity contribution is 5.70. The zero-order valence-electron chi connectivity index (χ0n) is 27.4.